The molecule has 0 atom stereocenters. The third kappa shape index (κ3) is 2.99. The van der Waals surface area contributed by atoms with Gasteiger partial charge < -0.3 is 4.57 Å². The van der Waals surface area contributed by atoms with Crippen molar-refractivity contribution in [3.8, 4) is 0 Å². The Morgan fingerprint density at radius 1 is 0.964 bits per heavy atom. The number of imide groups is 2. The zero-order chi connectivity index (χ0) is 19.7. The number of aromatic nitrogens is 1. The van der Waals surface area contributed by atoms with E-state index in [1.807, 2.05) is 30.5 Å². The SMILES string of the molecule is CCCn1cc(C=C2C(=O)NC(=O)N(c3ccccc3)C2=O)c2ccccc21. The van der Waals surface area contributed by atoms with Crippen LogP contribution in [0.25, 0.3) is 17.0 Å². The molecule has 0 bridgehead atoms. The van der Waals surface area contributed by atoms with Gasteiger partial charge in [0.15, 0.2) is 0 Å². The smallest absolute Gasteiger partial charge is 0.335 e. The number of nitrogens with zero attached hydrogens (tertiary/aromatic N) is 2. The van der Waals surface area contributed by atoms with Gasteiger partial charge in [-0.1, -0.05) is 43.3 Å². The lowest BCUT2D eigenvalue weighted by Gasteiger charge is -2.26. The van der Waals surface area contributed by atoms with Crippen LogP contribution in [0.2, 0.25) is 0 Å². The van der Waals surface area contributed by atoms with Gasteiger partial charge in [0.25, 0.3) is 11.8 Å². The summed E-state index contributed by atoms with van der Waals surface area (Å²) in [6.45, 7) is 2.92. The molecule has 0 aliphatic carbocycles. The number of barbiturate groups is 1. The van der Waals surface area contributed by atoms with E-state index < -0.39 is 17.8 Å². The van der Waals surface area contributed by atoms with E-state index in [9.17, 15) is 14.4 Å². The maximum absolute atomic E-state index is 13.0. The summed E-state index contributed by atoms with van der Waals surface area (Å²) in [6, 6.07) is 15.7. The number of amides is 4. The van der Waals surface area contributed by atoms with Crippen molar-refractivity contribution in [3.05, 3.63) is 71.9 Å². The molecule has 2 heterocycles. The molecule has 0 saturated carbocycles. The maximum Gasteiger partial charge on any atom is 0.335 e. The molecule has 6 nitrogen and oxygen atoms in total. The van der Waals surface area contributed by atoms with Gasteiger partial charge in [-0.3, -0.25) is 14.9 Å². The van der Waals surface area contributed by atoms with Crippen molar-refractivity contribution >= 4 is 40.5 Å². The second-order valence-corrected chi connectivity index (χ2v) is 6.59. The number of carbonyl (C=O) groups is 3. The van der Waals surface area contributed by atoms with Gasteiger partial charge in [0.2, 0.25) is 0 Å². The van der Waals surface area contributed by atoms with Crippen molar-refractivity contribution in [1.29, 1.82) is 0 Å². The van der Waals surface area contributed by atoms with Crippen LogP contribution >= 0.6 is 0 Å². The number of urea groups is 1. The number of para-hydroxylation sites is 2. The summed E-state index contributed by atoms with van der Waals surface area (Å²) < 4.78 is 2.10. The van der Waals surface area contributed by atoms with Crippen LogP contribution in [0.3, 0.4) is 0 Å². The van der Waals surface area contributed by atoms with Gasteiger partial charge in [0.1, 0.15) is 5.57 Å². The Morgan fingerprint density at radius 3 is 2.43 bits per heavy atom. The summed E-state index contributed by atoms with van der Waals surface area (Å²) in [6.07, 6.45) is 4.46. The predicted octanol–water partition coefficient (Wildman–Crippen LogP) is 3.72. The molecule has 0 radical (unpaired) electrons. The molecule has 1 saturated heterocycles. The van der Waals surface area contributed by atoms with Crippen molar-refractivity contribution in [2.75, 3.05) is 4.90 Å². The highest BCUT2D eigenvalue weighted by atomic mass is 16.2. The Morgan fingerprint density at radius 2 is 1.68 bits per heavy atom. The molecule has 1 fully saturated rings. The number of fused-ring (bicyclic) bond motifs is 1. The van der Waals surface area contributed by atoms with Crippen LogP contribution in [-0.4, -0.2) is 22.4 Å². The molecule has 1 aromatic heterocycles. The molecule has 1 aliphatic heterocycles. The molecule has 4 amide bonds. The van der Waals surface area contributed by atoms with Crippen LogP contribution in [0.5, 0.6) is 0 Å². The molecule has 1 N–H and O–H groups in total. The minimum atomic E-state index is -0.744. The Kier molecular flexibility index (Phi) is 4.53. The van der Waals surface area contributed by atoms with Gasteiger partial charge in [-0.25, -0.2) is 9.69 Å². The molecule has 6 heteroatoms. The van der Waals surface area contributed by atoms with E-state index in [0.717, 1.165) is 34.3 Å². The Labute approximate surface area is 162 Å². The summed E-state index contributed by atoms with van der Waals surface area (Å²) in [5.74, 6) is -1.32. The fourth-order valence-corrected chi connectivity index (χ4v) is 3.44. The summed E-state index contributed by atoms with van der Waals surface area (Å²) in [7, 11) is 0. The second kappa shape index (κ2) is 7.15. The first-order valence-corrected chi connectivity index (χ1v) is 9.14. The van der Waals surface area contributed by atoms with Crippen LogP contribution < -0.4 is 10.2 Å². The quantitative estimate of drug-likeness (QED) is 0.560. The monoisotopic (exact) mass is 373 g/mol. The normalized spacial score (nSPS) is 16.1. The van der Waals surface area contributed by atoms with Crippen LogP contribution in [0, 0.1) is 0 Å². The van der Waals surface area contributed by atoms with Gasteiger partial charge in [0.05, 0.1) is 5.69 Å². The molecular formula is C22H19N3O3. The molecule has 1 aliphatic rings. The number of hydrogen-bond donors (Lipinski definition) is 1. The van der Waals surface area contributed by atoms with Crippen molar-refractivity contribution in [2.45, 2.75) is 19.9 Å². The van der Waals surface area contributed by atoms with E-state index in [1.165, 1.54) is 0 Å². The summed E-state index contributed by atoms with van der Waals surface area (Å²) >= 11 is 0. The van der Waals surface area contributed by atoms with Crippen molar-refractivity contribution in [1.82, 2.24) is 9.88 Å². The van der Waals surface area contributed by atoms with Crippen molar-refractivity contribution in [2.24, 2.45) is 0 Å². The number of nitrogens with one attached hydrogen (secondary N) is 1. The van der Waals surface area contributed by atoms with E-state index in [4.69, 9.17) is 0 Å². The lowest BCUT2D eigenvalue weighted by Crippen LogP contribution is -2.54. The number of benzene rings is 2. The highest BCUT2D eigenvalue weighted by molar-refractivity contribution is 6.39. The average Bonchev–Trinajstić information content (AvgIpc) is 3.04. The first kappa shape index (κ1) is 17.7. The van der Waals surface area contributed by atoms with Crippen LogP contribution in [0.15, 0.2) is 66.4 Å². The highest BCUT2D eigenvalue weighted by Gasteiger charge is 2.36. The summed E-state index contributed by atoms with van der Waals surface area (Å²) in [5.41, 5.74) is 2.15. The average molecular weight is 373 g/mol. The molecule has 3 aromatic rings. The number of rotatable bonds is 4. The molecule has 0 unspecified atom stereocenters. The third-order valence-corrected chi connectivity index (χ3v) is 4.70. The highest BCUT2D eigenvalue weighted by Crippen LogP contribution is 2.26. The molecule has 140 valence electrons. The molecule has 0 spiro atoms. The van der Waals surface area contributed by atoms with E-state index >= 15 is 0 Å². The Hall–Kier alpha value is -3.67. The minimum absolute atomic E-state index is 0.0668. The van der Waals surface area contributed by atoms with Crippen LogP contribution in [0.4, 0.5) is 10.5 Å². The lowest BCUT2D eigenvalue weighted by molar-refractivity contribution is -0.122. The molecular weight excluding hydrogens is 354 g/mol. The zero-order valence-electron chi connectivity index (χ0n) is 15.4. The number of carbonyl (C=O) groups excluding carboxylic acids is 3. The Balaban J connectivity index is 1.81. The van der Waals surface area contributed by atoms with Gasteiger partial charge >= 0.3 is 6.03 Å². The van der Waals surface area contributed by atoms with E-state index in [-0.39, 0.29) is 5.57 Å². The third-order valence-electron chi connectivity index (χ3n) is 4.70. The fourth-order valence-electron chi connectivity index (χ4n) is 3.44. The van der Waals surface area contributed by atoms with Gasteiger partial charge in [-0.2, -0.15) is 0 Å². The van der Waals surface area contributed by atoms with Gasteiger partial charge in [-0.05, 0) is 30.7 Å². The maximum atomic E-state index is 13.0. The van der Waals surface area contributed by atoms with Gasteiger partial charge in [-0.15, -0.1) is 0 Å². The summed E-state index contributed by atoms with van der Waals surface area (Å²) in [4.78, 5) is 38.6. The first-order chi connectivity index (χ1) is 13.6. The standard InChI is InChI=1S/C22H19N3O3/c1-2-12-24-14-15(17-10-6-7-11-19(17)24)13-18-20(26)23-22(28)25(21(18)27)16-8-4-3-5-9-16/h3-11,13-14H,2,12H2,1H3,(H,23,26,28). The fraction of sp³-hybridized carbons (Fsp3) is 0.136. The van der Waals surface area contributed by atoms with Crippen LogP contribution in [0.1, 0.15) is 18.9 Å². The van der Waals surface area contributed by atoms with Crippen molar-refractivity contribution in [3.63, 3.8) is 0 Å². The largest absolute Gasteiger partial charge is 0.347 e. The molecule has 4 rings (SSSR count). The van der Waals surface area contributed by atoms with Crippen LogP contribution in [-0.2, 0) is 16.1 Å². The van der Waals surface area contributed by atoms with E-state index in [0.29, 0.717) is 5.69 Å². The van der Waals surface area contributed by atoms with E-state index in [1.54, 1.807) is 36.4 Å². The number of aryl methyl sites for hydroxylation is 1. The predicted molar refractivity (Wildman–Crippen MR) is 108 cm³/mol. The summed E-state index contributed by atoms with van der Waals surface area (Å²) in [5, 5.41) is 3.21. The lowest BCUT2D eigenvalue weighted by atomic mass is 10.1. The van der Waals surface area contributed by atoms with Gasteiger partial charge in [0, 0.05) is 29.2 Å². The van der Waals surface area contributed by atoms with Crippen molar-refractivity contribution < 1.29 is 14.4 Å². The zero-order valence-corrected chi connectivity index (χ0v) is 15.4. The number of hydrogen-bond acceptors (Lipinski definition) is 3. The van der Waals surface area contributed by atoms with E-state index in [2.05, 4.69) is 16.8 Å². The molecule has 2 aromatic carbocycles. The Bertz CT molecular complexity index is 1110. The minimum Gasteiger partial charge on any atom is -0.347 e. The topological polar surface area (TPSA) is 71.4 Å². The number of anilines is 1. The first-order valence-electron chi connectivity index (χ1n) is 9.14. The second-order valence-electron chi connectivity index (χ2n) is 6.59. The molecule has 28 heavy (non-hydrogen) atoms.